The Bertz CT molecular complexity index is 654. The molecule has 1 heterocycles. The van der Waals surface area contributed by atoms with Gasteiger partial charge in [-0.15, -0.1) is 0 Å². The summed E-state index contributed by atoms with van der Waals surface area (Å²) in [5.74, 6) is 1.70. The van der Waals surface area contributed by atoms with E-state index in [1.165, 1.54) is 0 Å². The molecule has 5 heteroatoms. The first kappa shape index (κ1) is 14.1. The van der Waals surface area contributed by atoms with Crippen molar-refractivity contribution in [3.63, 3.8) is 0 Å². The van der Waals surface area contributed by atoms with Crippen LogP contribution in [0.25, 0.3) is 11.4 Å². The van der Waals surface area contributed by atoms with Crippen LogP contribution in [-0.4, -0.2) is 24.2 Å². The Hall–Kier alpha value is -2.30. The molecule has 2 aromatic rings. The topological polar surface area (TPSA) is 70.3 Å². The second-order valence-corrected chi connectivity index (χ2v) is 4.72. The zero-order chi connectivity index (χ0) is 14.9. The van der Waals surface area contributed by atoms with Crippen LogP contribution in [0.3, 0.4) is 0 Å². The average molecular weight is 273 g/mol. The Balaban J connectivity index is 2.71. The molecular formula is C15H19N3O2. The van der Waals surface area contributed by atoms with Gasteiger partial charge in [0.2, 0.25) is 5.88 Å². The van der Waals surface area contributed by atoms with E-state index in [4.69, 9.17) is 15.2 Å². The molecule has 1 aromatic carbocycles. The van der Waals surface area contributed by atoms with Crippen LogP contribution >= 0.6 is 0 Å². The number of nitrogen functional groups attached to an aromatic ring is 1. The van der Waals surface area contributed by atoms with Crippen LogP contribution in [0.1, 0.15) is 16.8 Å². The second kappa shape index (κ2) is 5.36. The zero-order valence-electron chi connectivity index (χ0n) is 12.4. The normalized spacial score (nSPS) is 10.4. The molecule has 2 N–H and O–H groups in total. The molecule has 0 aliphatic rings. The van der Waals surface area contributed by atoms with Gasteiger partial charge in [-0.3, -0.25) is 0 Å². The minimum absolute atomic E-state index is 0.383. The molecule has 0 atom stereocenters. The van der Waals surface area contributed by atoms with E-state index in [9.17, 15) is 0 Å². The lowest BCUT2D eigenvalue weighted by Gasteiger charge is -2.14. The van der Waals surface area contributed by atoms with Gasteiger partial charge in [-0.25, -0.2) is 4.98 Å². The third-order valence-electron chi connectivity index (χ3n) is 3.16. The summed E-state index contributed by atoms with van der Waals surface area (Å²) in [6, 6.07) is 4.06. The van der Waals surface area contributed by atoms with Gasteiger partial charge in [0.15, 0.2) is 5.82 Å². The van der Waals surface area contributed by atoms with Crippen LogP contribution in [0.5, 0.6) is 11.6 Å². The van der Waals surface area contributed by atoms with Gasteiger partial charge in [-0.05, 0) is 38.0 Å². The lowest BCUT2D eigenvalue weighted by atomic mass is 10.0. The highest BCUT2D eigenvalue weighted by molar-refractivity contribution is 5.69. The number of hydrogen-bond donors (Lipinski definition) is 1. The van der Waals surface area contributed by atoms with Crippen LogP contribution in [0.2, 0.25) is 0 Å². The van der Waals surface area contributed by atoms with Gasteiger partial charge in [0.05, 0.1) is 25.5 Å². The Labute approximate surface area is 118 Å². The van der Waals surface area contributed by atoms with Crippen molar-refractivity contribution in [2.45, 2.75) is 20.8 Å². The van der Waals surface area contributed by atoms with Gasteiger partial charge in [0.1, 0.15) is 11.4 Å². The predicted octanol–water partition coefficient (Wildman–Crippen LogP) is 2.67. The van der Waals surface area contributed by atoms with E-state index in [-0.39, 0.29) is 0 Å². The summed E-state index contributed by atoms with van der Waals surface area (Å²) in [5.41, 5.74) is 10.0. The van der Waals surface area contributed by atoms with Crippen molar-refractivity contribution in [1.29, 1.82) is 0 Å². The lowest BCUT2D eigenvalue weighted by Crippen LogP contribution is -2.04. The molecule has 0 unspecified atom stereocenters. The van der Waals surface area contributed by atoms with Crippen molar-refractivity contribution in [3.05, 3.63) is 29.0 Å². The summed E-state index contributed by atoms with van der Waals surface area (Å²) in [7, 11) is 3.18. The highest BCUT2D eigenvalue weighted by atomic mass is 16.5. The number of ether oxygens (including phenoxy) is 2. The van der Waals surface area contributed by atoms with Crippen LogP contribution < -0.4 is 15.2 Å². The minimum Gasteiger partial charge on any atom is -0.496 e. The number of hydrogen-bond acceptors (Lipinski definition) is 5. The Morgan fingerprint density at radius 3 is 2.30 bits per heavy atom. The number of benzene rings is 1. The number of nitrogens with two attached hydrogens (primary N) is 1. The van der Waals surface area contributed by atoms with E-state index in [1.54, 1.807) is 14.2 Å². The Kier molecular flexibility index (Phi) is 3.79. The molecule has 0 saturated carbocycles. The minimum atomic E-state index is 0.383. The van der Waals surface area contributed by atoms with Crippen LogP contribution in [0.15, 0.2) is 12.1 Å². The summed E-state index contributed by atoms with van der Waals surface area (Å²) in [4.78, 5) is 8.82. The fourth-order valence-corrected chi connectivity index (χ4v) is 2.22. The molecule has 0 amide bonds. The van der Waals surface area contributed by atoms with Gasteiger partial charge in [-0.1, -0.05) is 6.07 Å². The summed E-state index contributed by atoms with van der Waals surface area (Å²) in [6.07, 6.45) is 0. The fraction of sp³-hybridized carbons (Fsp3) is 0.333. The molecule has 5 nitrogen and oxygen atoms in total. The van der Waals surface area contributed by atoms with Crippen LogP contribution in [0.4, 0.5) is 5.69 Å². The molecule has 0 saturated heterocycles. The first-order chi connectivity index (χ1) is 9.47. The molecule has 0 fully saturated rings. The van der Waals surface area contributed by atoms with E-state index < -0.39 is 0 Å². The molecule has 2 rings (SSSR count). The number of methoxy groups -OCH3 is 2. The summed E-state index contributed by atoms with van der Waals surface area (Å²) >= 11 is 0. The van der Waals surface area contributed by atoms with Crippen molar-refractivity contribution in [2.24, 2.45) is 0 Å². The molecule has 0 aliphatic heterocycles. The molecule has 0 bridgehead atoms. The van der Waals surface area contributed by atoms with E-state index >= 15 is 0 Å². The van der Waals surface area contributed by atoms with E-state index in [0.29, 0.717) is 23.1 Å². The largest absolute Gasteiger partial charge is 0.496 e. The number of nitrogens with zero attached hydrogens (tertiary/aromatic N) is 2. The Morgan fingerprint density at radius 1 is 1.00 bits per heavy atom. The molecule has 0 radical (unpaired) electrons. The molecule has 1 aromatic heterocycles. The van der Waals surface area contributed by atoms with Crippen molar-refractivity contribution in [1.82, 2.24) is 9.97 Å². The summed E-state index contributed by atoms with van der Waals surface area (Å²) in [5, 5.41) is 0. The average Bonchev–Trinajstić information content (AvgIpc) is 2.41. The molecule has 106 valence electrons. The standard InChI is InChI=1S/C15H19N3O2/c1-8-6-9(2)13(19-4)11(7-8)14-17-10(3)12(16)15(18-14)20-5/h6-7H,16H2,1-5H3. The summed E-state index contributed by atoms with van der Waals surface area (Å²) in [6.45, 7) is 5.85. The maximum Gasteiger partial charge on any atom is 0.240 e. The molecule has 20 heavy (non-hydrogen) atoms. The first-order valence-electron chi connectivity index (χ1n) is 6.31. The van der Waals surface area contributed by atoms with E-state index in [1.807, 2.05) is 26.8 Å². The molecule has 0 spiro atoms. The summed E-state index contributed by atoms with van der Waals surface area (Å²) < 4.78 is 10.7. The van der Waals surface area contributed by atoms with Gasteiger partial charge in [0, 0.05) is 0 Å². The third kappa shape index (κ3) is 2.39. The maximum atomic E-state index is 5.89. The molecular weight excluding hydrogens is 254 g/mol. The fourth-order valence-electron chi connectivity index (χ4n) is 2.22. The van der Waals surface area contributed by atoms with Crippen molar-refractivity contribution < 1.29 is 9.47 Å². The van der Waals surface area contributed by atoms with Crippen molar-refractivity contribution >= 4 is 5.69 Å². The van der Waals surface area contributed by atoms with Crippen molar-refractivity contribution in [3.8, 4) is 23.0 Å². The maximum absolute atomic E-state index is 5.89. The van der Waals surface area contributed by atoms with E-state index in [2.05, 4.69) is 16.0 Å². The smallest absolute Gasteiger partial charge is 0.240 e. The Morgan fingerprint density at radius 2 is 1.70 bits per heavy atom. The van der Waals surface area contributed by atoms with Crippen LogP contribution in [-0.2, 0) is 0 Å². The highest BCUT2D eigenvalue weighted by Gasteiger charge is 2.16. The number of aromatic nitrogens is 2. The quantitative estimate of drug-likeness (QED) is 0.931. The number of anilines is 1. The third-order valence-corrected chi connectivity index (χ3v) is 3.16. The first-order valence-corrected chi connectivity index (χ1v) is 6.31. The zero-order valence-corrected chi connectivity index (χ0v) is 12.4. The van der Waals surface area contributed by atoms with Gasteiger partial charge < -0.3 is 15.2 Å². The van der Waals surface area contributed by atoms with E-state index in [0.717, 1.165) is 22.4 Å². The van der Waals surface area contributed by atoms with Gasteiger partial charge in [-0.2, -0.15) is 4.98 Å². The number of rotatable bonds is 3. The monoisotopic (exact) mass is 273 g/mol. The molecule has 0 aliphatic carbocycles. The SMILES string of the molecule is COc1nc(-c2cc(C)cc(C)c2OC)nc(C)c1N. The lowest BCUT2D eigenvalue weighted by molar-refractivity contribution is 0.398. The van der Waals surface area contributed by atoms with Gasteiger partial charge in [0.25, 0.3) is 0 Å². The highest BCUT2D eigenvalue weighted by Crippen LogP contribution is 2.34. The predicted molar refractivity (Wildman–Crippen MR) is 79.2 cm³/mol. The van der Waals surface area contributed by atoms with Gasteiger partial charge >= 0.3 is 0 Å². The second-order valence-electron chi connectivity index (χ2n) is 4.72. The van der Waals surface area contributed by atoms with Crippen LogP contribution in [0, 0.1) is 20.8 Å². The van der Waals surface area contributed by atoms with Crippen molar-refractivity contribution in [2.75, 3.05) is 20.0 Å². The number of aryl methyl sites for hydroxylation is 3.